The van der Waals surface area contributed by atoms with E-state index < -0.39 is 41.8 Å². The Morgan fingerprint density at radius 3 is 2.26 bits per heavy atom. The Morgan fingerprint density at radius 1 is 1.06 bits per heavy atom. The Morgan fingerprint density at radius 2 is 1.71 bits per heavy atom. The van der Waals surface area contributed by atoms with E-state index in [0.717, 1.165) is 18.2 Å². The third kappa shape index (κ3) is 8.02. The molecule has 0 spiro atoms. The fraction of sp³-hybridized carbons (Fsp3) is 0.417. The van der Waals surface area contributed by atoms with Gasteiger partial charge in [-0.05, 0) is 48.7 Å². The molecule has 0 saturated carbocycles. The normalized spacial score (nSPS) is 13.1. The molecule has 0 aliphatic rings. The van der Waals surface area contributed by atoms with Gasteiger partial charge in [-0.15, -0.1) is 13.2 Å². The number of amides is 1. The number of carbonyl (C=O) groups is 2. The zero-order valence-corrected chi connectivity index (χ0v) is 18.8. The van der Waals surface area contributed by atoms with Crippen molar-refractivity contribution in [3.63, 3.8) is 0 Å². The minimum atomic E-state index is -4.82. The van der Waals surface area contributed by atoms with Crippen molar-refractivity contribution in [3.8, 4) is 5.75 Å². The number of esters is 1. The highest BCUT2D eigenvalue weighted by Crippen LogP contribution is 2.36. The van der Waals surface area contributed by atoms with Crippen LogP contribution in [-0.2, 0) is 9.53 Å². The number of hydrogen-bond donors (Lipinski definition) is 2. The molecule has 2 atom stereocenters. The fourth-order valence-corrected chi connectivity index (χ4v) is 3.47. The number of hydrogen-bond acceptors (Lipinski definition) is 5. The first-order valence-corrected chi connectivity index (χ1v) is 10.8. The van der Waals surface area contributed by atoms with Crippen molar-refractivity contribution in [1.82, 2.24) is 5.32 Å². The Bertz CT molecular complexity index is 963. The van der Waals surface area contributed by atoms with Gasteiger partial charge < -0.3 is 19.9 Å². The minimum absolute atomic E-state index is 0.00984. The lowest BCUT2D eigenvalue weighted by atomic mass is 9.85. The molecule has 2 N–H and O–H groups in total. The predicted molar refractivity (Wildman–Crippen MR) is 116 cm³/mol. The molecule has 2 rings (SSSR count). The molecule has 0 aliphatic carbocycles. The molecule has 0 heterocycles. The largest absolute Gasteiger partial charge is 0.573 e. The van der Waals surface area contributed by atoms with Crippen LogP contribution in [0.4, 0.5) is 17.6 Å². The van der Waals surface area contributed by atoms with Crippen molar-refractivity contribution < 1.29 is 41.7 Å². The van der Waals surface area contributed by atoms with E-state index in [9.17, 15) is 32.3 Å². The van der Waals surface area contributed by atoms with E-state index in [0.29, 0.717) is 24.0 Å². The van der Waals surface area contributed by atoms with E-state index in [1.165, 1.54) is 24.3 Å². The van der Waals surface area contributed by atoms with Gasteiger partial charge in [-0.3, -0.25) is 9.59 Å². The number of halogens is 4. The molecule has 10 heteroatoms. The van der Waals surface area contributed by atoms with Crippen LogP contribution in [0.2, 0.25) is 0 Å². The summed E-state index contributed by atoms with van der Waals surface area (Å²) < 4.78 is 60.4. The Kier molecular flexibility index (Phi) is 9.85. The van der Waals surface area contributed by atoms with Crippen molar-refractivity contribution in [2.75, 3.05) is 13.2 Å². The van der Waals surface area contributed by atoms with E-state index in [4.69, 9.17) is 4.74 Å². The lowest BCUT2D eigenvalue weighted by Crippen LogP contribution is -2.27. The Balaban J connectivity index is 2.13. The van der Waals surface area contributed by atoms with Gasteiger partial charge in [-0.25, -0.2) is 4.39 Å². The first-order chi connectivity index (χ1) is 16.1. The molecule has 186 valence electrons. The number of carbonyl (C=O) groups excluding carboxylic acids is 2. The summed E-state index contributed by atoms with van der Waals surface area (Å²) in [6.45, 7) is 3.75. The van der Waals surface area contributed by atoms with Gasteiger partial charge in [0.25, 0.3) is 5.91 Å². The number of nitrogens with one attached hydrogen (secondary N) is 1. The van der Waals surface area contributed by atoms with Gasteiger partial charge in [0.05, 0.1) is 24.7 Å². The SMILES string of the molecule is CCC[C@H](c1ccc(C(=O)NCCC(=O)OCC)c(F)c1)[C@@H](O)c1ccc(OC(F)(F)F)cc1. The first-order valence-electron chi connectivity index (χ1n) is 10.8. The van der Waals surface area contributed by atoms with Crippen molar-refractivity contribution in [2.24, 2.45) is 0 Å². The first kappa shape index (κ1) is 27.1. The van der Waals surface area contributed by atoms with Crippen molar-refractivity contribution in [1.29, 1.82) is 0 Å². The quantitative estimate of drug-likeness (QED) is 0.345. The number of rotatable bonds is 11. The zero-order valence-electron chi connectivity index (χ0n) is 18.8. The van der Waals surface area contributed by atoms with Crippen LogP contribution in [0.15, 0.2) is 42.5 Å². The molecule has 0 unspecified atom stereocenters. The number of ether oxygens (including phenoxy) is 2. The molecule has 0 aliphatic heterocycles. The molecule has 2 aromatic carbocycles. The monoisotopic (exact) mass is 485 g/mol. The smallest absolute Gasteiger partial charge is 0.466 e. The van der Waals surface area contributed by atoms with E-state index >= 15 is 0 Å². The van der Waals surface area contributed by atoms with Crippen molar-refractivity contribution in [2.45, 2.75) is 51.5 Å². The number of aliphatic hydroxyl groups excluding tert-OH is 1. The number of aliphatic hydroxyl groups is 1. The molecule has 34 heavy (non-hydrogen) atoms. The summed E-state index contributed by atoms with van der Waals surface area (Å²) in [5, 5.41) is 13.3. The maximum Gasteiger partial charge on any atom is 0.573 e. The average Bonchev–Trinajstić information content (AvgIpc) is 2.76. The van der Waals surface area contributed by atoms with Crippen LogP contribution in [0.25, 0.3) is 0 Å². The highest BCUT2D eigenvalue weighted by Gasteiger charge is 2.31. The predicted octanol–water partition coefficient (Wildman–Crippen LogP) is 5.02. The highest BCUT2D eigenvalue weighted by molar-refractivity contribution is 5.94. The minimum Gasteiger partial charge on any atom is -0.466 e. The van der Waals surface area contributed by atoms with E-state index in [-0.39, 0.29) is 25.1 Å². The van der Waals surface area contributed by atoms with Crippen LogP contribution in [0.1, 0.15) is 66.6 Å². The zero-order chi connectivity index (χ0) is 25.3. The molecule has 2 aromatic rings. The average molecular weight is 485 g/mol. The second kappa shape index (κ2) is 12.4. The van der Waals surface area contributed by atoms with Gasteiger partial charge in [0.15, 0.2) is 0 Å². The lowest BCUT2D eigenvalue weighted by Gasteiger charge is -2.24. The third-order valence-electron chi connectivity index (χ3n) is 5.02. The van der Waals surface area contributed by atoms with Crippen LogP contribution in [-0.4, -0.2) is 36.5 Å². The van der Waals surface area contributed by atoms with E-state index in [1.54, 1.807) is 6.92 Å². The summed E-state index contributed by atoms with van der Waals surface area (Å²) in [7, 11) is 0. The van der Waals surface area contributed by atoms with Gasteiger partial charge in [-0.2, -0.15) is 0 Å². The molecule has 0 saturated heterocycles. The second-order valence-electron chi connectivity index (χ2n) is 7.51. The van der Waals surface area contributed by atoms with Gasteiger partial charge in [0.2, 0.25) is 0 Å². The third-order valence-corrected chi connectivity index (χ3v) is 5.02. The number of alkyl halides is 3. The van der Waals surface area contributed by atoms with Crippen molar-refractivity contribution in [3.05, 3.63) is 65.0 Å². The van der Waals surface area contributed by atoms with Gasteiger partial charge >= 0.3 is 12.3 Å². The van der Waals surface area contributed by atoms with Crippen LogP contribution in [0.5, 0.6) is 5.75 Å². The van der Waals surface area contributed by atoms with E-state index in [2.05, 4.69) is 10.1 Å². The van der Waals surface area contributed by atoms with Gasteiger partial charge in [0, 0.05) is 12.5 Å². The highest BCUT2D eigenvalue weighted by atomic mass is 19.4. The summed E-state index contributed by atoms with van der Waals surface area (Å²) in [6, 6.07) is 8.80. The fourth-order valence-electron chi connectivity index (χ4n) is 3.47. The summed E-state index contributed by atoms with van der Waals surface area (Å²) in [4.78, 5) is 23.6. The topological polar surface area (TPSA) is 84.9 Å². The molecule has 0 bridgehead atoms. The Labute approximate surface area is 194 Å². The van der Waals surface area contributed by atoms with Crippen LogP contribution < -0.4 is 10.1 Å². The maximum atomic E-state index is 14.7. The summed E-state index contributed by atoms with van der Waals surface area (Å²) in [6.07, 6.45) is -4.88. The van der Waals surface area contributed by atoms with Crippen molar-refractivity contribution >= 4 is 11.9 Å². The second-order valence-corrected chi connectivity index (χ2v) is 7.51. The lowest BCUT2D eigenvalue weighted by molar-refractivity contribution is -0.274. The summed E-state index contributed by atoms with van der Waals surface area (Å²) >= 11 is 0. The molecular formula is C24H27F4NO5. The van der Waals surface area contributed by atoms with Crippen LogP contribution in [0, 0.1) is 5.82 Å². The molecule has 0 fully saturated rings. The Hall–Kier alpha value is -3.14. The maximum absolute atomic E-state index is 14.7. The summed E-state index contributed by atoms with van der Waals surface area (Å²) in [5.41, 5.74) is 0.561. The van der Waals surface area contributed by atoms with E-state index in [1.807, 2.05) is 6.92 Å². The molecule has 1 amide bonds. The van der Waals surface area contributed by atoms with Crippen LogP contribution >= 0.6 is 0 Å². The molecule has 6 nitrogen and oxygen atoms in total. The molecule has 0 aromatic heterocycles. The number of benzene rings is 2. The molecular weight excluding hydrogens is 458 g/mol. The standard InChI is InChI=1S/C24H27F4NO5/c1-3-5-18(22(31)15-6-9-17(10-7-15)34-24(26,27)28)16-8-11-19(20(25)14-16)23(32)29-13-12-21(30)33-4-2/h6-11,14,18,22,31H,3-5,12-13H2,1-2H3,(H,29,32)/t18-,22+/m1/s1. The van der Waals surface area contributed by atoms with Gasteiger partial charge in [0.1, 0.15) is 11.6 Å². The molecule has 0 radical (unpaired) electrons. The van der Waals surface area contributed by atoms with Crippen LogP contribution in [0.3, 0.4) is 0 Å². The van der Waals surface area contributed by atoms with Gasteiger partial charge in [-0.1, -0.05) is 31.5 Å². The summed E-state index contributed by atoms with van der Waals surface area (Å²) in [5.74, 6) is -2.95.